The van der Waals surface area contributed by atoms with Crippen LogP contribution in [0.5, 0.6) is 0 Å². The van der Waals surface area contributed by atoms with Crippen LogP contribution in [0.1, 0.15) is 19.3 Å². The monoisotopic (exact) mass is 246 g/mol. The van der Waals surface area contributed by atoms with Gasteiger partial charge in [0.25, 0.3) is 0 Å². The third-order valence-corrected chi connectivity index (χ3v) is 2.30. The molecular weight excluding hydrogens is 231 g/mol. The van der Waals surface area contributed by atoms with Crippen LogP contribution >= 0.6 is 0 Å². The van der Waals surface area contributed by atoms with Crippen molar-refractivity contribution in [2.45, 2.75) is 37.4 Å². The van der Waals surface area contributed by atoms with Gasteiger partial charge in [-0.25, -0.2) is 0 Å². The summed E-state index contributed by atoms with van der Waals surface area (Å²) in [5, 5.41) is 5.25. The van der Waals surface area contributed by atoms with E-state index < -0.39 is 18.6 Å². The number of alkyl halides is 5. The molecule has 2 N–H and O–H groups in total. The normalized spacial score (nSPS) is 17.8. The molecule has 2 nitrogen and oxygen atoms in total. The van der Waals surface area contributed by atoms with Gasteiger partial charge in [0, 0.05) is 6.04 Å². The summed E-state index contributed by atoms with van der Waals surface area (Å²) in [5.74, 6) is -4.64. The van der Waals surface area contributed by atoms with E-state index in [0.29, 0.717) is 19.0 Å². The molecule has 1 saturated carbocycles. The predicted molar refractivity (Wildman–Crippen MR) is 49.5 cm³/mol. The van der Waals surface area contributed by atoms with Crippen LogP contribution in [-0.2, 0) is 0 Å². The molecule has 0 bridgehead atoms. The fourth-order valence-corrected chi connectivity index (χ4v) is 1.15. The molecule has 0 aromatic rings. The lowest BCUT2D eigenvalue weighted by Gasteiger charge is -2.19. The summed E-state index contributed by atoms with van der Waals surface area (Å²) >= 11 is 0. The molecule has 0 aromatic carbocycles. The van der Waals surface area contributed by atoms with Crippen molar-refractivity contribution in [1.29, 1.82) is 0 Å². The van der Waals surface area contributed by atoms with Gasteiger partial charge >= 0.3 is 12.1 Å². The highest BCUT2D eigenvalue weighted by molar-refractivity contribution is 4.81. The fourth-order valence-electron chi connectivity index (χ4n) is 1.15. The van der Waals surface area contributed by atoms with Crippen molar-refractivity contribution >= 4 is 0 Å². The van der Waals surface area contributed by atoms with Crippen molar-refractivity contribution in [2.24, 2.45) is 0 Å². The Kier molecular flexibility index (Phi) is 4.49. The maximum absolute atomic E-state index is 12.4. The molecule has 0 heterocycles. The molecule has 0 saturated heterocycles. The Bertz CT molecular complexity index is 212. The number of hydrogen-bond acceptors (Lipinski definition) is 2. The third-order valence-electron chi connectivity index (χ3n) is 2.30. The van der Waals surface area contributed by atoms with E-state index >= 15 is 0 Å². The van der Waals surface area contributed by atoms with E-state index in [1.165, 1.54) is 0 Å². The first-order chi connectivity index (χ1) is 7.33. The van der Waals surface area contributed by atoms with Crippen molar-refractivity contribution in [1.82, 2.24) is 10.6 Å². The lowest BCUT2D eigenvalue weighted by atomic mass is 10.3. The molecule has 1 rings (SSSR count). The first-order valence-corrected chi connectivity index (χ1v) is 5.21. The van der Waals surface area contributed by atoms with E-state index in [2.05, 4.69) is 10.6 Å². The van der Waals surface area contributed by atoms with E-state index in [0.717, 1.165) is 12.8 Å². The highest BCUT2D eigenvalue weighted by Crippen LogP contribution is 2.34. The molecule has 0 aliphatic heterocycles. The van der Waals surface area contributed by atoms with Gasteiger partial charge in [0.1, 0.15) is 0 Å². The Balaban J connectivity index is 2.00. The summed E-state index contributed by atoms with van der Waals surface area (Å²) < 4.78 is 59.9. The van der Waals surface area contributed by atoms with Crippen molar-refractivity contribution in [3.8, 4) is 0 Å². The summed E-state index contributed by atoms with van der Waals surface area (Å²) in [7, 11) is 0. The number of nitrogens with one attached hydrogen (secondary N) is 2. The highest BCUT2D eigenvalue weighted by Gasteiger charge is 2.56. The first kappa shape index (κ1) is 13.6. The number of hydrogen-bond donors (Lipinski definition) is 2. The largest absolute Gasteiger partial charge is 0.454 e. The zero-order valence-electron chi connectivity index (χ0n) is 8.71. The van der Waals surface area contributed by atoms with E-state index in [-0.39, 0.29) is 6.54 Å². The Morgan fingerprint density at radius 1 is 1.00 bits per heavy atom. The molecule has 96 valence electrons. The average molecular weight is 246 g/mol. The molecule has 1 aliphatic carbocycles. The maximum Gasteiger partial charge on any atom is 0.454 e. The van der Waals surface area contributed by atoms with Gasteiger partial charge in [0.15, 0.2) is 0 Å². The zero-order chi connectivity index (χ0) is 12.2. The molecule has 1 aliphatic rings. The van der Waals surface area contributed by atoms with Crippen LogP contribution in [0.3, 0.4) is 0 Å². The van der Waals surface area contributed by atoms with E-state index in [9.17, 15) is 22.0 Å². The van der Waals surface area contributed by atoms with Crippen LogP contribution in [0.4, 0.5) is 22.0 Å². The second-order valence-corrected chi connectivity index (χ2v) is 3.96. The van der Waals surface area contributed by atoms with E-state index in [4.69, 9.17) is 0 Å². The Morgan fingerprint density at radius 2 is 1.62 bits per heavy atom. The van der Waals surface area contributed by atoms with Gasteiger partial charge < -0.3 is 10.6 Å². The van der Waals surface area contributed by atoms with Crippen molar-refractivity contribution < 1.29 is 22.0 Å². The fraction of sp³-hybridized carbons (Fsp3) is 1.00. The van der Waals surface area contributed by atoms with Crippen molar-refractivity contribution in [2.75, 3.05) is 19.6 Å². The van der Waals surface area contributed by atoms with Crippen LogP contribution in [-0.4, -0.2) is 37.8 Å². The molecule has 0 atom stereocenters. The zero-order valence-corrected chi connectivity index (χ0v) is 8.71. The summed E-state index contributed by atoms with van der Waals surface area (Å²) in [6.07, 6.45) is -2.67. The minimum Gasteiger partial charge on any atom is -0.314 e. The molecule has 0 spiro atoms. The molecule has 0 amide bonds. The number of rotatable bonds is 7. The minimum absolute atomic E-state index is 0.158. The van der Waals surface area contributed by atoms with Gasteiger partial charge in [-0.3, -0.25) is 0 Å². The maximum atomic E-state index is 12.4. The van der Waals surface area contributed by atoms with Crippen molar-refractivity contribution in [3.63, 3.8) is 0 Å². The van der Waals surface area contributed by atoms with E-state index in [1.807, 2.05) is 0 Å². The van der Waals surface area contributed by atoms with Crippen LogP contribution in [0.2, 0.25) is 0 Å². The van der Waals surface area contributed by atoms with Gasteiger partial charge in [-0.15, -0.1) is 0 Å². The smallest absolute Gasteiger partial charge is 0.314 e. The summed E-state index contributed by atoms with van der Waals surface area (Å²) in [4.78, 5) is 0. The summed E-state index contributed by atoms with van der Waals surface area (Å²) in [5.41, 5.74) is 0. The minimum atomic E-state index is -5.47. The molecule has 16 heavy (non-hydrogen) atoms. The van der Waals surface area contributed by atoms with Crippen LogP contribution < -0.4 is 10.6 Å². The molecule has 0 radical (unpaired) electrons. The molecule has 7 heteroatoms. The Hall–Kier alpha value is -0.430. The lowest BCUT2D eigenvalue weighted by molar-refractivity contribution is -0.279. The predicted octanol–water partition coefficient (Wildman–Crippen LogP) is 1.92. The standard InChI is InChI=1S/C9H15F5N2/c10-8(11,9(12,13)14)6-15-4-1-5-16-7-2-3-7/h7,15-16H,1-6H2. The lowest BCUT2D eigenvalue weighted by Crippen LogP contribution is -2.45. The molecular formula is C9H15F5N2. The average Bonchev–Trinajstić information content (AvgIpc) is 2.92. The van der Waals surface area contributed by atoms with Gasteiger partial charge in [0.2, 0.25) is 0 Å². The first-order valence-electron chi connectivity index (χ1n) is 5.21. The van der Waals surface area contributed by atoms with Gasteiger partial charge in [0.05, 0.1) is 6.54 Å². The number of halogens is 5. The topological polar surface area (TPSA) is 24.1 Å². The Labute approximate surface area is 90.6 Å². The summed E-state index contributed by atoms with van der Waals surface area (Å²) in [6, 6.07) is 0.525. The Morgan fingerprint density at radius 3 is 2.12 bits per heavy atom. The molecule has 0 aromatic heterocycles. The molecule has 1 fully saturated rings. The van der Waals surface area contributed by atoms with Crippen LogP contribution in [0.25, 0.3) is 0 Å². The van der Waals surface area contributed by atoms with Gasteiger partial charge in [-0.05, 0) is 32.4 Å². The van der Waals surface area contributed by atoms with Crippen molar-refractivity contribution in [3.05, 3.63) is 0 Å². The molecule has 0 unspecified atom stereocenters. The van der Waals surface area contributed by atoms with E-state index in [1.54, 1.807) is 0 Å². The van der Waals surface area contributed by atoms with Gasteiger partial charge in [-0.2, -0.15) is 22.0 Å². The van der Waals surface area contributed by atoms with Gasteiger partial charge in [-0.1, -0.05) is 0 Å². The SMILES string of the molecule is FC(F)(F)C(F)(F)CNCCCNC1CC1. The second kappa shape index (κ2) is 5.27. The third kappa shape index (κ3) is 4.61. The summed E-state index contributed by atoms with van der Waals surface area (Å²) in [6.45, 7) is -0.541. The quantitative estimate of drug-likeness (QED) is 0.529. The van der Waals surface area contributed by atoms with Crippen LogP contribution in [0.15, 0.2) is 0 Å². The highest BCUT2D eigenvalue weighted by atomic mass is 19.4. The van der Waals surface area contributed by atoms with Crippen LogP contribution in [0, 0.1) is 0 Å². The second-order valence-electron chi connectivity index (χ2n) is 3.96.